The summed E-state index contributed by atoms with van der Waals surface area (Å²) in [7, 11) is 0. The van der Waals surface area contributed by atoms with Gasteiger partial charge in [-0.2, -0.15) is 0 Å². The van der Waals surface area contributed by atoms with Gasteiger partial charge in [0, 0.05) is 12.5 Å². The smallest absolute Gasteiger partial charge is 0.299 e. The van der Waals surface area contributed by atoms with Crippen LogP contribution in [0.2, 0.25) is 0 Å². The van der Waals surface area contributed by atoms with Crippen LogP contribution in [0.5, 0.6) is 5.75 Å². The predicted octanol–water partition coefficient (Wildman–Crippen LogP) is 3.19. The first-order valence-corrected chi connectivity index (χ1v) is 8.75. The van der Waals surface area contributed by atoms with E-state index in [0.29, 0.717) is 23.6 Å². The molecule has 2 heterocycles. The lowest BCUT2D eigenvalue weighted by molar-refractivity contribution is -0.110. The molecule has 3 aromatic rings. The number of ether oxygens (including phenoxy) is 1. The Morgan fingerprint density at radius 3 is 2.82 bits per heavy atom. The number of benzene rings is 2. The van der Waals surface area contributed by atoms with Gasteiger partial charge in [-0.3, -0.25) is 9.59 Å². The number of carbonyl (C=O) groups excluding carboxylic acids is 2. The monoisotopic (exact) mass is 375 g/mol. The third kappa shape index (κ3) is 3.68. The van der Waals surface area contributed by atoms with Crippen LogP contribution in [0.25, 0.3) is 0 Å². The lowest BCUT2D eigenvalue weighted by atomic mass is 10.1. The summed E-state index contributed by atoms with van der Waals surface area (Å²) in [4.78, 5) is 28.8. The normalized spacial score (nSPS) is 14.8. The van der Waals surface area contributed by atoms with Crippen LogP contribution >= 0.6 is 0 Å². The van der Waals surface area contributed by atoms with Crippen LogP contribution in [0, 0.1) is 6.92 Å². The van der Waals surface area contributed by atoms with Crippen molar-refractivity contribution in [3.05, 3.63) is 77.2 Å². The lowest BCUT2D eigenvalue weighted by Gasteiger charge is -2.08. The number of hydrogen-bond donors (Lipinski definition) is 1. The number of amides is 2. The second-order valence-corrected chi connectivity index (χ2v) is 6.40. The van der Waals surface area contributed by atoms with E-state index in [9.17, 15) is 9.59 Å². The van der Waals surface area contributed by atoms with Crippen LogP contribution in [0.15, 0.2) is 64.1 Å². The molecule has 1 aromatic heterocycles. The number of aliphatic imine (C=N–C) groups is 1. The van der Waals surface area contributed by atoms with Crippen molar-refractivity contribution < 1.29 is 18.8 Å². The molecular weight excluding hydrogens is 358 g/mol. The molecule has 0 saturated heterocycles. The zero-order valence-electron chi connectivity index (χ0n) is 15.1. The molecule has 0 atom stereocenters. The maximum atomic E-state index is 12.4. The van der Waals surface area contributed by atoms with E-state index in [0.717, 1.165) is 11.1 Å². The molecule has 0 aliphatic carbocycles. The predicted molar refractivity (Wildman–Crippen MR) is 103 cm³/mol. The number of anilines is 1. The zero-order chi connectivity index (χ0) is 19.5. The summed E-state index contributed by atoms with van der Waals surface area (Å²) in [5.74, 6) is -0.0502. The third-order valence-electron chi connectivity index (χ3n) is 4.34. The van der Waals surface area contributed by atoms with Gasteiger partial charge in [0.25, 0.3) is 11.8 Å². The highest BCUT2D eigenvalue weighted by atomic mass is 16.5. The first-order chi connectivity index (χ1) is 13.6. The summed E-state index contributed by atoms with van der Waals surface area (Å²) >= 11 is 0. The van der Waals surface area contributed by atoms with Crippen LogP contribution < -0.4 is 10.1 Å². The van der Waals surface area contributed by atoms with Crippen molar-refractivity contribution in [2.75, 3.05) is 11.9 Å². The lowest BCUT2D eigenvalue weighted by Crippen LogP contribution is -2.26. The number of carbonyl (C=O) groups is 2. The largest absolute Gasteiger partial charge is 0.485 e. The van der Waals surface area contributed by atoms with Gasteiger partial charge < -0.3 is 14.6 Å². The number of hydrogen-bond acceptors (Lipinski definition) is 5. The Kier molecular flexibility index (Phi) is 4.72. The Morgan fingerprint density at radius 1 is 1.18 bits per heavy atom. The van der Waals surface area contributed by atoms with Crippen LogP contribution in [-0.2, 0) is 11.2 Å². The highest BCUT2D eigenvalue weighted by Gasteiger charge is 2.23. The van der Waals surface area contributed by atoms with Gasteiger partial charge in [0.15, 0.2) is 5.69 Å². The van der Waals surface area contributed by atoms with Gasteiger partial charge in [-0.25, -0.2) is 4.99 Å². The molecule has 0 saturated carbocycles. The standard InChI is InChI=1S/C21H17N3O4/c1-13-6-5-9-18-19(13)23-21(26)17(12-27-18)22-20(25)16-11-15(28-24-16)10-14-7-3-2-4-8-14/h2-9,11H,10,12H2,1H3,(H,23,26)/b22-17+. The van der Waals surface area contributed by atoms with Crippen molar-refractivity contribution >= 4 is 23.2 Å². The Hall–Kier alpha value is -3.74. The summed E-state index contributed by atoms with van der Waals surface area (Å²) in [6.45, 7) is 1.75. The van der Waals surface area contributed by atoms with Gasteiger partial charge in [-0.05, 0) is 24.1 Å². The minimum Gasteiger partial charge on any atom is -0.485 e. The summed E-state index contributed by atoms with van der Waals surface area (Å²) in [6.07, 6.45) is 0.510. The van der Waals surface area contributed by atoms with Gasteiger partial charge in [0.05, 0.1) is 5.69 Å². The molecule has 1 N–H and O–H groups in total. The Morgan fingerprint density at radius 2 is 2.00 bits per heavy atom. The molecule has 1 aliphatic rings. The molecule has 7 heteroatoms. The molecule has 140 valence electrons. The highest BCUT2D eigenvalue weighted by Crippen LogP contribution is 2.29. The molecule has 0 spiro atoms. The SMILES string of the molecule is Cc1cccc2c1NC(=O)/C(=N/C(=O)c1cc(Cc3ccccc3)on1)CO2. The molecule has 0 unspecified atom stereocenters. The van der Waals surface area contributed by atoms with E-state index >= 15 is 0 Å². The number of aryl methyl sites for hydroxylation is 1. The Bertz CT molecular complexity index is 1070. The molecule has 0 bridgehead atoms. The van der Waals surface area contributed by atoms with E-state index in [1.807, 2.05) is 49.4 Å². The van der Waals surface area contributed by atoms with E-state index in [1.165, 1.54) is 6.07 Å². The Labute approximate surface area is 161 Å². The summed E-state index contributed by atoms with van der Waals surface area (Å²) in [5.41, 5.74) is 2.50. The molecule has 7 nitrogen and oxygen atoms in total. The summed E-state index contributed by atoms with van der Waals surface area (Å²) < 4.78 is 10.8. The quantitative estimate of drug-likeness (QED) is 0.759. The van der Waals surface area contributed by atoms with Crippen molar-refractivity contribution in [3.63, 3.8) is 0 Å². The van der Waals surface area contributed by atoms with E-state index in [4.69, 9.17) is 9.26 Å². The minimum atomic E-state index is -0.653. The molecule has 0 radical (unpaired) electrons. The van der Waals surface area contributed by atoms with Crippen molar-refractivity contribution in [2.24, 2.45) is 4.99 Å². The fourth-order valence-corrected chi connectivity index (χ4v) is 2.88. The van der Waals surface area contributed by atoms with Gasteiger partial charge in [0.1, 0.15) is 23.8 Å². The van der Waals surface area contributed by atoms with Gasteiger partial charge >= 0.3 is 0 Å². The fraction of sp³-hybridized carbons (Fsp3) is 0.143. The molecule has 28 heavy (non-hydrogen) atoms. The van der Waals surface area contributed by atoms with Crippen LogP contribution in [0.3, 0.4) is 0 Å². The van der Waals surface area contributed by atoms with Crippen LogP contribution in [0.1, 0.15) is 27.4 Å². The number of aromatic nitrogens is 1. The number of fused-ring (bicyclic) bond motifs is 1. The second-order valence-electron chi connectivity index (χ2n) is 6.40. The number of para-hydroxylation sites is 1. The van der Waals surface area contributed by atoms with Gasteiger partial charge in [-0.15, -0.1) is 0 Å². The molecule has 1 aliphatic heterocycles. The number of nitrogens with one attached hydrogen (secondary N) is 1. The van der Waals surface area contributed by atoms with Crippen molar-refractivity contribution in [2.45, 2.75) is 13.3 Å². The fourth-order valence-electron chi connectivity index (χ4n) is 2.88. The van der Waals surface area contributed by atoms with Gasteiger partial charge in [-0.1, -0.05) is 47.6 Å². The number of rotatable bonds is 3. The maximum Gasteiger partial charge on any atom is 0.299 e. The van der Waals surface area contributed by atoms with E-state index < -0.39 is 11.8 Å². The topological polar surface area (TPSA) is 93.8 Å². The molecule has 4 rings (SSSR count). The second kappa shape index (κ2) is 7.48. The summed E-state index contributed by atoms with van der Waals surface area (Å²) in [5, 5.41) is 6.52. The first-order valence-electron chi connectivity index (χ1n) is 8.75. The van der Waals surface area contributed by atoms with Gasteiger partial charge in [0.2, 0.25) is 0 Å². The van der Waals surface area contributed by atoms with E-state index in [2.05, 4.69) is 15.5 Å². The average molecular weight is 375 g/mol. The zero-order valence-corrected chi connectivity index (χ0v) is 15.1. The highest BCUT2D eigenvalue weighted by molar-refractivity contribution is 6.45. The minimum absolute atomic E-state index is 0.0202. The third-order valence-corrected chi connectivity index (χ3v) is 4.34. The van der Waals surface area contributed by atoms with Crippen LogP contribution in [0.4, 0.5) is 5.69 Å². The maximum absolute atomic E-state index is 12.4. The Balaban J connectivity index is 1.51. The molecular formula is C21H17N3O4. The number of nitrogens with zero attached hydrogens (tertiary/aromatic N) is 2. The van der Waals surface area contributed by atoms with E-state index in [1.54, 1.807) is 6.07 Å². The van der Waals surface area contributed by atoms with E-state index in [-0.39, 0.29) is 18.0 Å². The average Bonchev–Trinajstić information content (AvgIpc) is 3.10. The van der Waals surface area contributed by atoms with Crippen molar-refractivity contribution in [1.82, 2.24) is 5.16 Å². The summed E-state index contributed by atoms with van der Waals surface area (Å²) in [6, 6.07) is 16.7. The molecule has 2 aromatic carbocycles. The van der Waals surface area contributed by atoms with Crippen molar-refractivity contribution in [3.8, 4) is 5.75 Å². The first kappa shape index (κ1) is 17.7. The van der Waals surface area contributed by atoms with Crippen molar-refractivity contribution in [1.29, 1.82) is 0 Å². The molecule has 0 fully saturated rings. The van der Waals surface area contributed by atoms with Crippen LogP contribution in [-0.4, -0.2) is 29.3 Å². The molecule has 2 amide bonds.